The molecule has 0 saturated carbocycles. The van der Waals surface area contributed by atoms with Crippen LogP contribution in [0.1, 0.15) is 0 Å². The van der Waals surface area contributed by atoms with Crippen molar-refractivity contribution in [3.05, 3.63) is 109 Å². The van der Waals surface area contributed by atoms with Crippen molar-refractivity contribution in [1.29, 1.82) is 0 Å². The Balaban J connectivity index is 1.51. The molecule has 30 heavy (non-hydrogen) atoms. The molecular weight excluding hydrogens is 371 g/mol. The molecule has 0 amide bonds. The predicted molar refractivity (Wildman–Crippen MR) is 121 cm³/mol. The molecule has 0 aliphatic rings. The smallest absolute Gasteiger partial charge is 0.532 e. The second-order valence-electron chi connectivity index (χ2n) is 7.00. The first-order valence-corrected chi connectivity index (χ1v) is 9.82. The summed E-state index contributed by atoms with van der Waals surface area (Å²) < 4.78 is 7.85. The van der Waals surface area contributed by atoms with Gasteiger partial charge in [0.1, 0.15) is 11.6 Å². The van der Waals surface area contributed by atoms with Crippen LogP contribution in [0.15, 0.2) is 109 Å². The minimum absolute atomic E-state index is 0.598. The molecule has 5 aromatic rings. The first-order chi connectivity index (χ1) is 14.8. The van der Waals surface area contributed by atoms with Crippen LogP contribution < -0.4 is 10.1 Å². The van der Waals surface area contributed by atoms with Crippen molar-refractivity contribution in [2.24, 2.45) is 0 Å². The Labute approximate surface area is 175 Å². The number of nitrogens with zero attached hydrogens (tertiary/aromatic N) is 2. The summed E-state index contributed by atoms with van der Waals surface area (Å²) in [5, 5.41) is 10.3. The lowest BCUT2D eigenvalue weighted by Crippen LogP contribution is -2.36. The molecule has 144 valence electrons. The Bertz CT molecular complexity index is 1270. The third-order valence-corrected chi connectivity index (χ3v) is 5.02. The van der Waals surface area contributed by atoms with Gasteiger partial charge >= 0.3 is 7.12 Å². The van der Waals surface area contributed by atoms with Crippen LogP contribution in [0.3, 0.4) is 0 Å². The normalized spacial score (nSPS) is 10.8. The molecule has 1 N–H and O–H groups in total. The minimum Gasteiger partial charge on any atom is -0.532 e. The van der Waals surface area contributed by atoms with Gasteiger partial charge in [0.2, 0.25) is 0 Å². The van der Waals surface area contributed by atoms with Crippen LogP contribution >= 0.6 is 0 Å². The molecule has 5 rings (SSSR count). The summed E-state index contributed by atoms with van der Waals surface area (Å²) >= 11 is 0. The second kappa shape index (κ2) is 7.89. The summed E-state index contributed by atoms with van der Waals surface area (Å²) in [5.74, 6) is 1.48. The molecule has 0 atom stereocenters. The van der Waals surface area contributed by atoms with Crippen LogP contribution in [0.5, 0.6) is 5.75 Å². The van der Waals surface area contributed by atoms with Gasteiger partial charge in [0, 0.05) is 11.3 Å². The number of hydrogen-bond acceptors (Lipinski definition) is 3. The van der Waals surface area contributed by atoms with Crippen LogP contribution in [0, 0.1) is 0 Å². The Morgan fingerprint density at radius 2 is 1.33 bits per heavy atom. The predicted octanol–water partition coefficient (Wildman–Crippen LogP) is 4.46. The molecule has 0 aliphatic heterocycles. The highest BCUT2D eigenvalue weighted by Crippen LogP contribution is 2.29. The van der Waals surface area contributed by atoms with E-state index in [1.54, 1.807) is 0 Å². The van der Waals surface area contributed by atoms with E-state index in [1.807, 2.05) is 91.0 Å². The first-order valence-electron chi connectivity index (χ1n) is 9.82. The quantitative estimate of drug-likeness (QED) is 0.451. The van der Waals surface area contributed by atoms with E-state index in [-0.39, 0.29) is 0 Å². The number of aromatic nitrogens is 2. The number of imidazole rings is 1. The fraction of sp³-hybridized carbons (Fsp3) is 0. The molecule has 5 heteroatoms. The van der Waals surface area contributed by atoms with Crippen LogP contribution in [-0.2, 0) is 0 Å². The standard InChI is InChI=1S/C25H19BN2O2/c29-26(20-11-5-2-6-12-20)30-22-17-15-21(16-18-22)28-24-14-8-7-13-23(24)27-25(28)19-9-3-1-4-10-19/h1-18,29H. The van der Waals surface area contributed by atoms with Gasteiger partial charge < -0.3 is 9.68 Å². The molecular formula is C25H19BN2O2. The monoisotopic (exact) mass is 390 g/mol. The molecule has 1 aromatic heterocycles. The number of fused-ring (bicyclic) bond motifs is 1. The first kappa shape index (κ1) is 18.2. The fourth-order valence-electron chi connectivity index (χ4n) is 3.56. The highest BCUT2D eigenvalue weighted by atomic mass is 16.5. The highest BCUT2D eigenvalue weighted by Gasteiger charge is 2.19. The Hall–Kier alpha value is -3.83. The second-order valence-corrected chi connectivity index (χ2v) is 7.00. The largest absolute Gasteiger partial charge is 0.560 e. The topological polar surface area (TPSA) is 47.3 Å². The minimum atomic E-state index is -1.01. The van der Waals surface area contributed by atoms with Crippen LogP contribution in [0.25, 0.3) is 28.1 Å². The number of rotatable bonds is 5. The van der Waals surface area contributed by atoms with Gasteiger partial charge in [-0.2, -0.15) is 0 Å². The maximum absolute atomic E-state index is 10.3. The zero-order valence-corrected chi connectivity index (χ0v) is 16.2. The van der Waals surface area contributed by atoms with Crippen molar-refractivity contribution >= 4 is 23.6 Å². The van der Waals surface area contributed by atoms with Crippen LogP contribution in [0.4, 0.5) is 0 Å². The average molecular weight is 390 g/mol. The van der Waals surface area contributed by atoms with Gasteiger partial charge in [-0.25, -0.2) is 4.98 Å². The van der Waals surface area contributed by atoms with Gasteiger partial charge in [-0.05, 0) is 41.9 Å². The van der Waals surface area contributed by atoms with E-state index in [2.05, 4.69) is 22.8 Å². The summed E-state index contributed by atoms with van der Waals surface area (Å²) in [7, 11) is -1.01. The molecule has 0 spiro atoms. The lowest BCUT2D eigenvalue weighted by atomic mass is 9.79. The Morgan fingerprint density at radius 1 is 0.700 bits per heavy atom. The van der Waals surface area contributed by atoms with E-state index >= 15 is 0 Å². The van der Waals surface area contributed by atoms with E-state index in [1.165, 1.54) is 0 Å². The molecule has 0 fully saturated rings. The summed E-state index contributed by atoms with van der Waals surface area (Å²) in [6.45, 7) is 0. The van der Waals surface area contributed by atoms with Crippen molar-refractivity contribution in [1.82, 2.24) is 9.55 Å². The maximum atomic E-state index is 10.3. The maximum Gasteiger partial charge on any atom is 0.560 e. The van der Waals surface area contributed by atoms with Crippen LogP contribution in [0.2, 0.25) is 0 Å². The molecule has 0 radical (unpaired) electrons. The van der Waals surface area contributed by atoms with E-state index in [9.17, 15) is 5.02 Å². The molecule has 0 bridgehead atoms. The molecule has 0 aliphatic carbocycles. The fourth-order valence-corrected chi connectivity index (χ4v) is 3.56. The Morgan fingerprint density at radius 3 is 2.07 bits per heavy atom. The zero-order chi connectivity index (χ0) is 20.3. The summed E-state index contributed by atoms with van der Waals surface area (Å²) in [6.07, 6.45) is 0. The highest BCUT2D eigenvalue weighted by molar-refractivity contribution is 6.60. The Kier molecular flexibility index (Phi) is 4.79. The van der Waals surface area contributed by atoms with Crippen molar-refractivity contribution < 1.29 is 9.68 Å². The van der Waals surface area contributed by atoms with Crippen LogP contribution in [-0.4, -0.2) is 21.7 Å². The van der Waals surface area contributed by atoms with E-state index in [4.69, 9.17) is 9.64 Å². The van der Waals surface area contributed by atoms with Crippen molar-refractivity contribution in [3.8, 4) is 22.8 Å². The van der Waals surface area contributed by atoms with Gasteiger partial charge in [-0.1, -0.05) is 72.8 Å². The summed E-state index contributed by atoms with van der Waals surface area (Å²) in [5.41, 5.74) is 4.72. The number of para-hydroxylation sites is 2. The third-order valence-electron chi connectivity index (χ3n) is 5.02. The summed E-state index contributed by atoms with van der Waals surface area (Å²) in [6, 6.07) is 35.3. The zero-order valence-electron chi connectivity index (χ0n) is 16.2. The van der Waals surface area contributed by atoms with Gasteiger partial charge in [-0.3, -0.25) is 4.57 Å². The van der Waals surface area contributed by atoms with Crippen molar-refractivity contribution in [2.75, 3.05) is 0 Å². The molecule has 1 heterocycles. The van der Waals surface area contributed by atoms with Gasteiger partial charge in [0.25, 0.3) is 0 Å². The SMILES string of the molecule is OB(Oc1ccc(-n2c(-c3ccccc3)nc3ccccc32)cc1)c1ccccc1. The number of benzene rings is 4. The van der Waals surface area contributed by atoms with E-state index < -0.39 is 7.12 Å². The average Bonchev–Trinajstić information content (AvgIpc) is 3.20. The van der Waals surface area contributed by atoms with Crippen molar-refractivity contribution in [3.63, 3.8) is 0 Å². The number of hydrogen-bond donors (Lipinski definition) is 1. The molecule has 0 unspecified atom stereocenters. The lowest BCUT2D eigenvalue weighted by molar-refractivity contribution is 0.432. The summed E-state index contributed by atoms with van der Waals surface area (Å²) in [4.78, 5) is 4.86. The molecule has 4 aromatic carbocycles. The lowest BCUT2D eigenvalue weighted by Gasteiger charge is -2.13. The van der Waals surface area contributed by atoms with E-state index in [0.29, 0.717) is 11.2 Å². The van der Waals surface area contributed by atoms with Gasteiger partial charge in [0.05, 0.1) is 11.0 Å². The van der Waals surface area contributed by atoms with Crippen molar-refractivity contribution in [2.45, 2.75) is 0 Å². The molecule has 4 nitrogen and oxygen atoms in total. The van der Waals surface area contributed by atoms with Gasteiger partial charge in [0.15, 0.2) is 0 Å². The van der Waals surface area contributed by atoms with Gasteiger partial charge in [-0.15, -0.1) is 0 Å². The van der Waals surface area contributed by atoms with E-state index in [0.717, 1.165) is 28.1 Å². The molecule has 0 saturated heterocycles. The third kappa shape index (κ3) is 3.47.